The van der Waals surface area contributed by atoms with Gasteiger partial charge in [-0.1, -0.05) is 0 Å². The Balaban J connectivity index is 1.79. The van der Waals surface area contributed by atoms with Crippen molar-refractivity contribution in [2.24, 2.45) is 5.92 Å². The number of hydrogen-bond donors (Lipinski definition) is 1. The van der Waals surface area contributed by atoms with Crippen molar-refractivity contribution in [3.63, 3.8) is 0 Å². The molecular weight excluding hydrogens is 302 g/mol. The first kappa shape index (κ1) is 16.7. The highest BCUT2D eigenvalue weighted by Gasteiger charge is 2.37. The van der Waals surface area contributed by atoms with E-state index < -0.39 is 11.9 Å². The van der Waals surface area contributed by atoms with Gasteiger partial charge in [-0.05, 0) is 37.6 Å². The number of carbonyl (C=O) groups is 2. The van der Waals surface area contributed by atoms with Gasteiger partial charge in [-0.15, -0.1) is 11.8 Å². The number of likely N-dealkylation sites (tertiary alicyclic amines) is 1. The number of rotatable bonds is 6. The second-order valence-electron chi connectivity index (χ2n) is 5.34. The van der Waals surface area contributed by atoms with Gasteiger partial charge in [0.1, 0.15) is 5.75 Å². The number of ether oxygens (including phenoxy) is 1. The molecule has 0 bridgehead atoms. The Hall–Kier alpha value is -1.69. The minimum Gasteiger partial charge on any atom is -0.497 e. The number of amides is 1. The highest BCUT2D eigenvalue weighted by atomic mass is 32.2. The molecule has 2 atom stereocenters. The van der Waals surface area contributed by atoms with E-state index >= 15 is 0 Å². The van der Waals surface area contributed by atoms with E-state index in [0.29, 0.717) is 25.1 Å². The Morgan fingerprint density at radius 3 is 2.59 bits per heavy atom. The SMILES string of the molecule is COc1ccc(SCCC(=O)N2CCC(C(=O)O)C2C)cc1. The zero-order chi connectivity index (χ0) is 16.1. The van der Waals surface area contributed by atoms with E-state index in [0.717, 1.165) is 10.6 Å². The number of carbonyl (C=O) groups excluding carboxylic acids is 1. The molecule has 1 aliphatic heterocycles. The van der Waals surface area contributed by atoms with Gasteiger partial charge >= 0.3 is 5.97 Å². The number of aliphatic carboxylic acids is 1. The van der Waals surface area contributed by atoms with Crippen LogP contribution in [0.4, 0.5) is 0 Å². The van der Waals surface area contributed by atoms with Crippen LogP contribution < -0.4 is 4.74 Å². The number of carboxylic acid groups (broad SMARTS) is 1. The Morgan fingerprint density at radius 2 is 2.05 bits per heavy atom. The Kier molecular flexibility index (Phi) is 5.71. The van der Waals surface area contributed by atoms with E-state index in [1.807, 2.05) is 31.2 Å². The van der Waals surface area contributed by atoms with Crippen molar-refractivity contribution in [3.05, 3.63) is 24.3 Å². The largest absolute Gasteiger partial charge is 0.497 e. The first-order valence-corrected chi connectivity index (χ1v) is 8.30. The third kappa shape index (κ3) is 3.94. The molecule has 1 amide bonds. The predicted molar refractivity (Wildman–Crippen MR) is 85.3 cm³/mol. The first-order chi connectivity index (χ1) is 10.5. The van der Waals surface area contributed by atoms with Crippen LogP contribution in [0.3, 0.4) is 0 Å². The fourth-order valence-electron chi connectivity index (χ4n) is 2.69. The van der Waals surface area contributed by atoms with E-state index in [4.69, 9.17) is 9.84 Å². The summed E-state index contributed by atoms with van der Waals surface area (Å²) in [7, 11) is 1.63. The van der Waals surface area contributed by atoms with Gasteiger partial charge in [0.15, 0.2) is 0 Å². The second kappa shape index (κ2) is 7.54. The van der Waals surface area contributed by atoms with Gasteiger partial charge in [0.05, 0.1) is 13.0 Å². The number of carboxylic acids is 1. The van der Waals surface area contributed by atoms with Crippen LogP contribution >= 0.6 is 11.8 Å². The average molecular weight is 323 g/mol. The van der Waals surface area contributed by atoms with Crippen molar-refractivity contribution in [1.29, 1.82) is 0 Å². The van der Waals surface area contributed by atoms with E-state index in [2.05, 4.69) is 0 Å². The summed E-state index contributed by atoms with van der Waals surface area (Å²) in [4.78, 5) is 26.1. The van der Waals surface area contributed by atoms with Crippen molar-refractivity contribution in [3.8, 4) is 5.75 Å². The van der Waals surface area contributed by atoms with Crippen molar-refractivity contribution in [1.82, 2.24) is 4.90 Å². The summed E-state index contributed by atoms with van der Waals surface area (Å²) in [5.41, 5.74) is 0. The number of methoxy groups -OCH3 is 1. The van der Waals surface area contributed by atoms with Crippen molar-refractivity contribution in [2.45, 2.75) is 30.7 Å². The molecule has 2 unspecified atom stereocenters. The van der Waals surface area contributed by atoms with Crippen molar-refractivity contribution < 1.29 is 19.4 Å². The predicted octanol–water partition coefficient (Wildman–Crippen LogP) is 2.50. The van der Waals surface area contributed by atoms with Crippen LogP contribution in [0.2, 0.25) is 0 Å². The summed E-state index contributed by atoms with van der Waals surface area (Å²) in [6.45, 7) is 2.37. The average Bonchev–Trinajstić information content (AvgIpc) is 2.90. The number of nitrogens with zero attached hydrogens (tertiary/aromatic N) is 1. The maximum atomic E-state index is 12.2. The van der Waals surface area contributed by atoms with Crippen molar-refractivity contribution in [2.75, 3.05) is 19.4 Å². The smallest absolute Gasteiger partial charge is 0.308 e. The Bertz CT molecular complexity index is 531. The molecule has 1 aliphatic rings. The summed E-state index contributed by atoms with van der Waals surface area (Å²) in [5, 5.41) is 9.10. The Labute approximate surface area is 134 Å². The normalized spacial score (nSPS) is 20.9. The number of thioether (sulfide) groups is 1. The molecule has 5 nitrogen and oxygen atoms in total. The molecule has 0 aliphatic carbocycles. The van der Waals surface area contributed by atoms with Gasteiger partial charge in [-0.3, -0.25) is 9.59 Å². The van der Waals surface area contributed by atoms with Crippen molar-refractivity contribution >= 4 is 23.6 Å². The Morgan fingerprint density at radius 1 is 1.36 bits per heavy atom. The zero-order valence-electron chi connectivity index (χ0n) is 12.8. The van der Waals surface area contributed by atoms with E-state index in [-0.39, 0.29) is 11.9 Å². The number of hydrogen-bond acceptors (Lipinski definition) is 4. The molecule has 0 saturated carbocycles. The van der Waals surface area contributed by atoms with E-state index in [1.165, 1.54) is 0 Å². The molecular formula is C16H21NO4S. The molecule has 0 spiro atoms. The molecule has 1 aromatic carbocycles. The van der Waals surface area contributed by atoms with Gasteiger partial charge in [0.25, 0.3) is 0 Å². The molecule has 120 valence electrons. The molecule has 1 N–H and O–H groups in total. The third-order valence-electron chi connectivity index (χ3n) is 4.04. The molecule has 1 fully saturated rings. The molecule has 2 rings (SSSR count). The molecule has 6 heteroatoms. The zero-order valence-corrected chi connectivity index (χ0v) is 13.6. The standard InChI is InChI=1S/C16H21NO4S/c1-11-14(16(19)20)7-9-17(11)15(18)8-10-22-13-5-3-12(21-2)4-6-13/h3-6,11,14H,7-10H2,1-2H3,(H,19,20). The molecule has 22 heavy (non-hydrogen) atoms. The molecule has 1 heterocycles. The molecule has 1 saturated heterocycles. The van der Waals surface area contributed by atoms with E-state index in [1.54, 1.807) is 23.8 Å². The minimum absolute atomic E-state index is 0.0391. The molecule has 1 aromatic rings. The van der Waals surface area contributed by atoms with Gasteiger partial charge in [-0.25, -0.2) is 0 Å². The highest BCUT2D eigenvalue weighted by Crippen LogP contribution is 2.26. The lowest BCUT2D eigenvalue weighted by Crippen LogP contribution is -2.37. The summed E-state index contributed by atoms with van der Waals surface area (Å²) in [5.74, 6) is 0.295. The summed E-state index contributed by atoms with van der Waals surface area (Å²) in [6.07, 6.45) is 0.973. The summed E-state index contributed by atoms with van der Waals surface area (Å²) in [6, 6.07) is 7.50. The van der Waals surface area contributed by atoms with Crippen LogP contribution in [0.15, 0.2) is 29.2 Å². The van der Waals surface area contributed by atoms with Crippen LogP contribution in [-0.2, 0) is 9.59 Å². The number of benzene rings is 1. The topological polar surface area (TPSA) is 66.8 Å². The van der Waals surface area contributed by atoms with Crippen LogP contribution in [0, 0.1) is 5.92 Å². The van der Waals surface area contributed by atoms with Crippen LogP contribution in [0.25, 0.3) is 0 Å². The maximum absolute atomic E-state index is 12.2. The van der Waals surface area contributed by atoms with Gasteiger partial charge in [0, 0.05) is 29.7 Å². The van der Waals surface area contributed by atoms with E-state index in [9.17, 15) is 9.59 Å². The lowest BCUT2D eigenvalue weighted by atomic mass is 10.0. The lowest BCUT2D eigenvalue weighted by Gasteiger charge is -2.23. The van der Waals surface area contributed by atoms with Gasteiger partial charge < -0.3 is 14.7 Å². The maximum Gasteiger partial charge on any atom is 0.308 e. The highest BCUT2D eigenvalue weighted by molar-refractivity contribution is 7.99. The summed E-state index contributed by atoms with van der Waals surface area (Å²) < 4.78 is 5.10. The minimum atomic E-state index is -0.810. The quantitative estimate of drug-likeness (QED) is 0.815. The summed E-state index contributed by atoms with van der Waals surface area (Å²) >= 11 is 1.62. The molecule has 0 aromatic heterocycles. The molecule has 0 radical (unpaired) electrons. The monoisotopic (exact) mass is 323 g/mol. The van der Waals surface area contributed by atoms with Crippen LogP contribution in [0.5, 0.6) is 5.75 Å². The van der Waals surface area contributed by atoms with Crippen LogP contribution in [-0.4, -0.2) is 47.3 Å². The first-order valence-electron chi connectivity index (χ1n) is 7.32. The lowest BCUT2D eigenvalue weighted by molar-refractivity contribution is -0.143. The van der Waals surface area contributed by atoms with Gasteiger partial charge in [0.2, 0.25) is 5.91 Å². The van der Waals surface area contributed by atoms with Crippen LogP contribution in [0.1, 0.15) is 19.8 Å². The third-order valence-corrected chi connectivity index (χ3v) is 5.05. The fraction of sp³-hybridized carbons (Fsp3) is 0.500. The second-order valence-corrected chi connectivity index (χ2v) is 6.50. The fourth-order valence-corrected chi connectivity index (χ4v) is 3.53. The van der Waals surface area contributed by atoms with Gasteiger partial charge in [-0.2, -0.15) is 0 Å².